The molecule has 0 saturated carbocycles. The van der Waals surface area contributed by atoms with E-state index in [0.29, 0.717) is 18.0 Å². The SMILES string of the molecule is CCNCc1cc(F)c(N2CC(C)CCC2C)c(F)c1. The maximum Gasteiger partial charge on any atom is 0.149 e. The van der Waals surface area contributed by atoms with E-state index in [9.17, 15) is 8.78 Å². The Labute approximate surface area is 120 Å². The summed E-state index contributed by atoms with van der Waals surface area (Å²) in [6, 6.07) is 3.09. The van der Waals surface area contributed by atoms with Crippen LogP contribution < -0.4 is 10.2 Å². The summed E-state index contributed by atoms with van der Waals surface area (Å²) in [5.74, 6) is -0.413. The van der Waals surface area contributed by atoms with E-state index in [-0.39, 0.29) is 11.7 Å². The van der Waals surface area contributed by atoms with Gasteiger partial charge >= 0.3 is 0 Å². The summed E-state index contributed by atoms with van der Waals surface area (Å²) in [5.41, 5.74) is 0.799. The Kier molecular flexibility index (Phi) is 4.97. The number of anilines is 1. The predicted octanol–water partition coefficient (Wildman–Crippen LogP) is 3.70. The highest BCUT2D eigenvalue weighted by Crippen LogP contribution is 2.32. The van der Waals surface area contributed by atoms with E-state index in [4.69, 9.17) is 0 Å². The third-order valence-corrected chi connectivity index (χ3v) is 4.06. The fourth-order valence-corrected chi connectivity index (χ4v) is 2.86. The molecule has 4 heteroatoms. The van der Waals surface area contributed by atoms with Crippen LogP contribution in [0.2, 0.25) is 0 Å². The number of nitrogens with zero attached hydrogens (tertiary/aromatic N) is 1. The van der Waals surface area contributed by atoms with Gasteiger partial charge in [-0.25, -0.2) is 8.78 Å². The molecule has 0 bridgehead atoms. The molecule has 1 fully saturated rings. The quantitative estimate of drug-likeness (QED) is 0.906. The molecular weight excluding hydrogens is 258 g/mol. The Morgan fingerprint density at radius 3 is 2.45 bits per heavy atom. The van der Waals surface area contributed by atoms with Crippen molar-refractivity contribution in [3.8, 4) is 0 Å². The van der Waals surface area contributed by atoms with Crippen LogP contribution in [0.5, 0.6) is 0 Å². The molecule has 2 nitrogen and oxygen atoms in total. The Bertz CT molecular complexity index is 439. The summed E-state index contributed by atoms with van der Waals surface area (Å²) in [7, 11) is 0. The van der Waals surface area contributed by atoms with Crippen LogP contribution in [0.3, 0.4) is 0 Å². The summed E-state index contributed by atoms with van der Waals surface area (Å²) in [6.45, 7) is 8.15. The van der Waals surface area contributed by atoms with Crippen molar-refractivity contribution in [2.45, 2.75) is 46.2 Å². The molecule has 0 radical (unpaired) electrons. The molecule has 1 aliphatic rings. The molecule has 0 aromatic heterocycles. The summed E-state index contributed by atoms with van der Waals surface area (Å²) >= 11 is 0. The predicted molar refractivity (Wildman–Crippen MR) is 78.9 cm³/mol. The van der Waals surface area contributed by atoms with E-state index in [1.54, 1.807) is 0 Å². The van der Waals surface area contributed by atoms with Crippen LogP contribution in [0, 0.1) is 17.6 Å². The molecule has 1 heterocycles. The molecule has 0 amide bonds. The number of benzene rings is 1. The fourth-order valence-electron chi connectivity index (χ4n) is 2.86. The van der Waals surface area contributed by atoms with E-state index in [2.05, 4.69) is 12.2 Å². The van der Waals surface area contributed by atoms with Crippen LogP contribution in [0.4, 0.5) is 14.5 Å². The van der Waals surface area contributed by atoms with Crippen molar-refractivity contribution in [3.05, 3.63) is 29.3 Å². The standard InChI is InChI=1S/C16H24F2N2/c1-4-19-9-13-7-14(17)16(15(18)8-13)20-10-11(2)5-6-12(20)3/h7-8,11-12,19H,4-6,9-10H2,1-3H3. The van der Waals surface area contributed by atoms with Crippen molar-refractivity contribution in [3.63, 3.8) is 0 Å². The highest BCUT2D eigenvalue weighted by molar-refractivity contribution is 5.52. The molecule has 0 aliphatic carbocycles. The summed E-state index contributed by atoms with van der Waals surface area (Å²) in [4.78, 5) is 1.88. The van der Waals surface area contributed by atoms with E-state index in [0.717, 1.165) is 25.9 Å². The average Bonchev–Trinajstić information content (AvgIpc) is 2.39. The van der Waals surface area contributed by atoms with Crippen molar-refractivity contribution in [2.24, 2.45) is 5.92 Å². The molecule has 1 aromatic rings. The van der Waals surface area contributed by atoms with Crippen LogP contribution in [0.1, 0.15) is 39.2 Å². The Balaban J connectivity index is 2.27. The Morgan fingerprint density at radius 2 is 1.85 bits per heavy atom. The van der Waals surface area contributed by atoms with Gasteiger partial charge in [0, 0.05) is 19.1 Å². The molecule has 1 saturated heterocycles. The number of halogens is 2. The minimum atomic E-state index is -0.446. The lowest BCUT2D eigenvalue weighted by Crippen LogP contribution is -2.42. The summed E-state index contributed by atoms with van der Waals surface area (Å²) < 4.78 is 28.6. The van der Waals surface area contributed by atoms with Gasteiger partial charge in [0.2, 0.25) is 0 Å². The van der Waals surface area contributed by atoms with Crippen molar-refractivity contribution >= 4 is 5.69 Å². The van der Waals surface area contributed by atoms with Crippen molar-refractivity contribution in [1.82, 2.24) is 5.32 Å². The number of hydrogen-bond acceptors (Lipinski definition) is 2. The second kappa shape index (κ2) is 6.53. The zero-order valence-electron chi connectivity index (χ0n) is 12.5. The first-order valence-corrected chi connectivity index (χ1v) is 7.48. The molecule has 112 valence electrons. The van der Waals surface area contributed by atoms with Gasteiger partial charge in [-0.3, -0.25) is 0 Å². The number of rotatable bonds is 4. The van der Waals surface area contributed by atoms with Gasteiger partial charge in [0.15, 0.2) is 0 Å². The Hall–Kier alpha value is -1.16. The lowest BCUT2D eigenvalue weighted by atomic mass is 9.94. The molecule has 2 rings (SSSR count). The highest BCUT2D eigenvalue weighted by Gasteiger charge is 2.27. The summed E-state index contributed by atoms with van der Waals surface area (Å²) in [6.07, 6.45) is 2.11. The maximum atomic E-state index is 14.3. The molecular formula is C16H24F2N2. The van der Waals surface area contributed by atoms with Crippen molar-refractivity contribution in [2.75, 3.05) is 18.0 Å². The molecule has 1 aliphatic heterocycles. The normalized spacial score (nSPS) is 23.1. The van der Waals surface area contributed by atoms with Gasteiger partial charge < -0.3 is 10.2 Å². The lowest BCUT2D eigenvalue weighted by molar-refractivity contribution is 0.381. The van der Waals surface area contributed by atoms with Crippen LogP contribution in [-0.2, 0) is 6.54 Å². The fraction of sp³-hybridized carbons (Fsp3) is 0.625. The van der Waals surface area contributed by atoms with Gasteiger partial charge in [0.25, 0.3) is 0 Å². The van der Waals surface area contributed by atoms with E-state index in [1.807, 2.05) is 18.7 Å². The molecule has 1 aromatic carbocycles. The van der Waals surface area contributed by atoms with Gasteiger partial charge in [-0.15, -0.1) is 0 Å². The Morgan fingerprint density at radius 1 is 1.20 bits per heavy atom. The first kappa shape index (κ1) is 15.2. The third kappa shape index (κ3) is 3.29. The second-order valence-electron chi connectivity index (χ2n) is 5.87. The van der Waals surface area contributed by atoms with Crippen LogP contribution in [0.25, 0.3) is 0 Å². The van der Waals surface area contributed by atoms with Gasteiger partial charge in [-0.05, 0) is 49.9 Å². The lowest BCUT2D eigenvalue weighted by Gasteiger charge is -2.38. The van der Waals surface area contributed by atoms with E-state index in [1.165, 1.54) is 12.1 Å². The second-order valence-corrected chi connectivity index (χ2v) is 5.87. The van der Waals surface area contributed by atoms with Crippen molar-refractivity contribution < 1.29 is 8.78 Å². The highest BCUT2D eigenvalue weighted by atomic mass is 19.1. The largest absolute Gasteiger partial charge is 0.364 e. The van der Waals surface area contributed by atoms with Gasteiger partial charge in [-0.2, -0.15) is 0 Å². The topological polar surface area (TPSA) is 15.3 Å². The van der Waals surface area contributed by atoms with Crippen molar-refractivity contribution in [1.29, 1.82) is 0 Å². The van der Waals surface area contributed by atoms with Gasteiger partial charge in [0.05, 0.1) is 0 Å². The molecule has 1 N–H and O–H groups in total. The van der Waals surface area contributed by atoms with Gasteiger partial charge in [0.1, 0.15) is 17.3 Å². The average molecular weight is 282 g/mol. The van der Waals surface area contributed by atoms with Gasteiger partial charge in [-0.1, -0.05) is 13.8 Å². The third-order valence-electron chi connectivity index (χ3n) is 4.06. The molecule has 20 heavy (non-hydrogen) atoms. The summed E-state index contributed by atoms with van der Waals surface area (Å²) in [5, 5.41) is 3.09. The monoisotopic (exact) mass is 282 g/mol. The minimum Gasteiger partial charge on any atom is -0.364 e. The smallest absolute Gasteiger partial charge is 0.149 e. The zero-order valence-corrected chi connectivity index (χ0v) is 12.5. The first-order chi connectivity index (χ1) is 9.52. The van der Waals surface area contributed by atoms with E-state index < -0.39 is 11.6 Å². The van der Waals surface area contributed by atoms with Crippen LogP contribution in [-0.4, -0.2) is 19.1 Å². The zero-order chi connectivity index (χ0) is 14.7. The number of piperidine rings is 1. The van der Waals surface area contributed by atoms with Crippen LogP contribution in [0.15, 0.2) is 12.1 Å². The molecule has 2 atom stereocenters. The van der Waals surface area contributed by atoms with E-state index >= 15 is 0 Å². The molecule has 2 unspecified atom stereocenters. The minimum absolute atomic E-state index is 0.143. The number of hydrogen-bond donors (Lipinski definition) is 1. The maximum absolute atomic E-state index is 14.3. The first-order valence-electron chi connectivity index (χ1n) is 7.48. The number of nitrogens with one attached hydrogen (secondary N) is 1. The van der Waals surface area contributed by atoms with Crippen LogP contribution >= 0.6 is 0 Å². The molecule has 0 spiro atoms.